The Morgan fingerprint density at radius 1 is 1.14 bits per heavy atom. The van der Waals surface area contributed by atoms with Gasteiger partial charge in [0, 0.05) is 6.54 Å². The Labute approximate surface area is 216 Å². The van der Waals surface area contributed by atoms with E-state index in [9.17, 15) is 19.6 Å². The fourth-order valence-corrected chi connectivity index (χ4v) is 3.86. The molecule has 0 bridgehead atoms. The fraction of sp³-hybridized carbons (Fsp3) is 0.643. The zero-order valence-corrected chi connectivity index (χ0v) is 23.2. The zero-order valence-electron chi connectivity index (χ0n) is 23.2. The molecule has 8 nitrogen and oxygen atoms in total. The van der Waals surface area contributed by atoms with Crippen molar-refractivity contribution >= 4 is 17.9 Å². The summed E-state index contributed by atoms with van der Waals surface area (Å²) in [6.07, 6.45) is 2.70. The molecule has 0 aliphatic heterocycles. The minimum Gasteiger partial charge on any atom is -0.444 e. The molecular formula is C28H44N4O4. The summed E-state index contributed by atoms with van der Waals surface area (Å²) in [4.78, 5) is 41.4. The lowest BCUT2D eigenvalue weighted by atomic mass is 9.93. The lowest BCUT2D eigenvalue weighted by Gasteiger charge is -2.35. The molecular weight excluding hydrogens is 456 g/mol. The third kappa shape index (κ3) is 9.52. The number of benzene rings is 1. The summed E-state index contributed by atoms with van der Waals surface area (Å²) >= 11 is 0. The van der Waals surface area contributed by atoms with Gasteiger partial charge in [-0.1, -0.05) is 63.8 Å². The van der Waals surface area contributed by atoms with Crippen LogP contribution in [0.4, 0.5) is 4.79 Å². The minimum atomic E-state index is -1.01. The van der Waals surface area contributed by atoms with Crippen molar-refractivity contribution in [1.82, 2.24) is 15.5 Å². The first-order valence-corrected chi connectivity index (χ1v) is 12.9. The van der Waals surface area contributed by atoms with Crippen molar-refractivity contribution in [2.45, 2.75) is 98.8 Å². The molecule has 2 N–H and O–H groups in total. The first-order valence-electron chi connectivity index (χ1n) is 12.9. The maximum atomic E-state index is 14.0. The number of unbranched alkanes of at least 4 members (excludes halogenated alkanes) is 2. The number of rotatable bonds is 12. The predicted molar refractivity (Wildman–Crippen MR) is 141 cm³/mol. The number of amides is 3. The van der Waals surface area contributed by atoms with Crippen molar-refractivity contribution in [2.75, 3.05) is 13.1 Å². The van der Waals surface area contributed by atoms with Crippen molar-refractivity contribution in [1.29, 1.82) is 5.26 Å². The molecule has 1 aromatic carbocycles. The van der Waals surface area contributed by atoms with Crippen LogP contribution in [0, 0.1) is 31.1 Å². The molecule has 200 valence electrons. The van der Waals surface area contributed by atoms with Crippen molar-refractivity contribution < 1.29 is 19.1 Å². The van der Waals surface area contributed by atoms with E-state index < -0.39 is 29.7 Å². The molecule has 0 fully saturated rings. The van der Waals surface area contributed by atoms with Gasteiger partial charge in [0.05, 0.1) is 6.07 Å². The van der Waals surface area contributed by atoms with Gasteiger partial charge >= 0.3 is 6.09 Å². The number of nitrogens with one attached hydrogen (secondary N) is 2. The molecule has 8 heteroatoms. The van der Waals surface area contributed by atoms with Crippen LogP contribution in [0.3, 0.4) is 0 Å². The monoisotopic (exact) mass is 500 g/mol. The Morgan fingerprint density at radius 3 is 2.36 bits per heavy atom. The third-order valence-corrected chi connectivity index (χ3v) is 6.04. The highest BCUT2D eigenvalue weighted by molar-refractivity contribution is 5.92. The van der Waals surface area contributed by atoms with E-state index in [1.54, 1.807) is 20.8 Å². The molecule has 0 aliphatic rings. The summed E-state index contributed by atoms with van der Waals surface area (Å²) in [7, 11) is 0. The number of nitrogens with zero attached hydrogens (tertiary/aromatic N) is 2. The molecule has 36 heavy (non-hydrogen) atoms. The van der Waals surface area contributed by atoms with Crippen molar-refractivity contribution in [2.24, 2.45) is 5.92 Å². The average molecular weight is 501 g/mol. The van der Waals surface area contributed by atoms with Gasteiger partial charge in [-0.2, -0.15) is 5.26 Å². The summed E-state index contributed by atoms with van der Waals surface area (Å²) in [6, 6.07) is 5.81. The molecule has 3 unspecified atom stereocenters. The molecule has 3 atom stereocenters. The van der Waals surface area contributed by atoms with E-state index >= 15 is 0 Å². The number of ether oxygens (including phenoxy) is 1. The Hall–Kier alpha value is -3.08. The maximum Gasteiger partial charge on any atom is 0.408 e. The largest absolute Gasteiger partial charge is 0.444 e. The quantitative estimate of drug-likeness (QED) is 0.312. The van der Waals surface area contributed by atoms with Gasteiger partial charge in [0.1, 0.15) is 24.2 Å². The van der Waals surface area contributed by atoms with Gasteiger partial charge in [0.15, 0.2) is 0 Å². The van der Waals surface area contributed by atoms with E-state index in [1.165, 1.54) is 4.90 Å². The molecule has 3 amide bonds. The summed E-state index contributed by atoms with van der Waals surface area (Å²) < 4.78 is 5.39. The second-order valence-electron chi connectivity index (χ2n) is 10.4. The van der Waals surface area contributed by atoms with Crippen molar-refractivity contribution in [3.8, 4) is 6.07 Å². The van der Waals surface area contributed by atoms with Gasteiger partial charge in [-0.15, -0.1) is 0 Å². The summed E-state index contributed by atoms with van der Waals surface area (Å²) in [5.74, 6) is -1.09. The standard InChI is InChI=1S/C28H44N4O4/c1-9-11-12-16-30-25(33)24(22-18-19(3)13-14-21(22)5)32(17-15-29)26(34)23(20(4)10-2)31-27(35)36-28(6,7)8/h13-14,18,20,23-24H,9-12,16-17H2,1-8H3,(H,30,33)(H,31,35). The number of alkyl carbamates (subject to hydrolysis) is 1. The van der Waals surface area contributed by atoms with Gasteiger partial charge in [-0.25, -0.2) is 4.79 Å². The molecule has 0 saturated heterocycles. The van der Waals surface area contributed by atoms with E-state index in [2.05, 4.69) is 17.6 Å². The van der Waals surface area contributed by atoms with Gasteiger partial charge in [-0.3, -0.25) is 9.59 Å². The number of hydrogen-bond acceptors (Lipinski definition) is 5. The van der Waals surface area contributed by atoms with Gasteiger partial charge in [0.2, 0.25) is 11.8 Å². The normalized spacial score (nSPS) is 13.6. The van der Waals surface area contributed by atoms with Crippen LogP contribution in [0.1, 0.15) is 90.0 Å². The summed E-state index contributed by atoms with van der Waals surface area (Å²) in [6.45, 7) is 15.1. The summed E-state index contributed by atoms with van der Waals surface area (Å²) in [5, 5.41) is 15.3. The highest BCUT2D eigenvalue weighted by Crippen LogP contribution is 2.27. The van der Waals surface area contributed by atoms with E-state index in [0.29, 0.717) is 18.5 Å². The first-order chi connectivity index (χ1) is 16.9. The number of nitriles is 1. The van der Waals surface area contributed by atoms with Crippen LogP contribution in [0.2, 0.25) is 0 Å². The van der Waals surface area contributed by atoms with Gasteiger partial charge < -0.3 is 20.3 Å². The van der Waals surface area contributed by atoms with Gasteiger partial charge in [-0.05, 0) is 58.1 Å². The molecule has 0 aliphatic carbocycles. The van der Waals surface area contributed by atoms with Crippen LogP contribution in [-0.2, 0) is 14.3 Å². The molecule has 1 aromatic rings. The van der Waals surface area contributed by atoms with E-state index in [4.69, 9.17) is 4.74 Å². The second kappa shape index (κ2) is 14.5. The number of carbonyl (C=O) groups excluding carboxylic acids is 3. The van der Waals surface area contributed by atoms with Crippen LogP contribution in [0.5, 0.6) is 0 Å². The van der Waals surface area contributed by atoms with Crippen LogP contribution >= 0.6 is 0 Å². The third-order valence-electron chi connectivity index (χ3n) is 6.04. The zero-order chi connectivity index (χ0) is 27.5. The SMILES string of the molecule is CCCCCNC(=O)C(c1cc(C)ccc1C)N(CC#N)C(=O)C(NC(=O)OC(C)(C)C)C(C)CC. The van der Waals surface area contributed by atoms with Crippen molar-refractivity contribution in [3.05, 3.63) is 34.9 Å². The Bertz CT molecular complexity index is 932. The Kier molecular flexibility index (Phi) is 12.4. The van der Waals surface area contributed by atoms with Crippen LogP contribution in [-0.4, -0.2) is 47.5 Å². The number of hydrogen-bond donors (Lipinski definition) is 2. The summed E-state index contributed by atoms with van der Waals surface area (Å²) in [5.41, 5.74) is 1.70. The molecule has 0 aromatic heterocycles. The number of carbonyl (C=O) groups is 3. The lowest BCUT2D eigenvalue weighted by Crippen LogP contribution is -2.55. The molecule has 0 radical (unpaired) electrons. The second-order valence-corrected chi connectivity index (χ2v) is 10.4. The molecule has 0 spiro atoms. The Balaban J connectivity index is 3.48. The topological polar surface area (TPSA) is 112 Å². The average Bonchev–Trinajstić information content (AvgIpc) is 2.80. The fourth-order valence-electron chi connectivity index (χ4n) is 3.86. The molecule has 0 heterocycles. The van der Waals surface area contributed by atoms with Crippen LogP contribution in [0.15, 0.2) is 18.2 Å². The first kappa shape index (κ1) is 31.0. The van der Waals surface area contributed by atoms with E-state index in [0.717, 1.165) is 30.4 Å². The molecule has 0 saturated carbocycles. The predicted octanol–water partition coefficient (Wildman–Crippen LogP) is 4.94. The Morgan fingerprint density at radius 2 is 1.81 bits per heavy atom. The minimum absolute atomic E-state index is 0.252. The van der Waals surface area contributed by atoms with Crippen LogP contribution in [0.25, 0.3) is 0 Å². The number of aryl methyl sites for hydroxylation is 2. The smallest absolute Gasteiger partial charge is 0.408 e. The van der Waals surface area contributed by atoms with Gasteiger partial charge in [0.25, 0.3) is 0 Å². The van der Waals surface area contributed by atoms with E-state index in [-0.39, 0.29) is 18.4 Å². The highest BCUT2D eigenvalue weighted by atomic mass is 16.6. The molecule has 1 rings (SSSR count). The van der Waals surface area contributed by atoms with E-state index in [1.807, 2.05) is 52.0 Å². The highest BCUT2D eigenvalue weighted by Gasteiger charge is 2.38. The van der Waals surface area contributed by atoms with Crippen molar-refractivity contribution in [3.63, 3.8) is 0 Å². The maximum absolute atomic E-state index is 14.0. The lowest BCUT2D eigenvalue weighted by molar-refractivity contribution is -0.142. The van der Waals surface area contributed by atoms with Crippen LogP contribution < -0.4 is 10.6 Å².